The summed E-state index contributed by atoms with van der Waals surface area (Å²) in [6.07, 6.45) is 1.87. The molecule has 3 amide bonds. The summed E-state index contributed by atoms with van der Waals surface area (Å²) in [6.45, 7) is 1.43. The maximum absolute atomic E-state index is 12.8. The second kappa shape index (κ2) is 9.94. The predicted octanol–water partition coefficient (Wildman–Crippen LogP) is 2.50. The van der Waals surface area contributed by atoms with Crippen LogP contribution in [0.15, 0.2) is 42.5 Å². The summed E-state index contributed by atoms with van der Waals surface area (Å²) >= 11 is 0. The zero-order valence-corrected chi connectivity index (χ0v) is 18.2. The molecule has 0 unspecified atom stereocenters. The molecule has 31 heavy (non-hydrogen) atoms. The minimum absolute atomic E-state index is 0. The number of nitrogens with zero attached hydrogens (tertiary/aromatic N) is 1. The van der Waals surface area contributed by atoms with E-state index in [0.717, 1.165) is 29.8 Å². The van der Waals surface area contributed by atoms with E-state index in [2.05, 4.69) is 16.7 Å². The number of carbonyl (C=O) groups is 3. The van der Waals surface area contributed by atoms with Gasteiger partial charge in [0, 0.05) is 25.6 Å². The first-order valence-corrected chi connectivity index (χ1v) is 10.2. The molecule has 4 rings (SSSR count). The summed E-state index contributed by atoms with van der Waals surface area (Å²) in [4.78, 5) is 38.3. The van der Waals surface area contributed by atoms with Crippen LogP contribution in [0, 0.1) is 0 Å². The quantitative estimate of drug-likeness (QED) is 0.507. The topological polar surface area (TPSA) is 87.7 Å². The molecule has 0 spiro atoms. The van der Waals surface area contributed by atoms with Gasteiger partial charge in [0.25, 0.3) is 11.8 Å². The lowest BCUT2D eigenvalue weighted by molar-refractivity contribution is -0.120. The standard InChI is InChI=1S/C23H25N3O4.ClH/c1-24-20(27)10-5-13-30-19-9-4-6-15-11-12-25-18(21(15)19)14-26-22(28)16-7-2-3-8-17(16)23(26)29;/h2-4,6-9,18,25H,5,10-14H2,1H3,(H,24,27);1H/t18-;/m1./s1. The number of amides is 3. The Morgan fingerprint density at radius 1 is 1.13 bits per heavy atom. The van der Waals surface area contributed by atoms with Crippen molar-refractivity contribution < 1.29 is 19.1 Å². The van der Waals surface area contributed by atoms with Crippen molar-refractivity contribution in [1.29, 1.82) is 0 Å². The van der Waals surface area contributed by atoms with Crippen LogP contribution < -0.4 is 15.4 Å². The average molecular weight is 444 g/mol. The molecule has 8 heteroatoms. The molecule has 0 aromatic heterocycles. The average Bonchev–Trinajstić information content (AvgIpc) is 3.01. The molecule has 0 aliphatic carbocycles. The molecule has 2 heterocycles. The van der Waals surface area contributed by atoms with Crippen molar-refractivity contribution in [2.45, 2.75) is 25.3 Å². The normalized spacial score (nSPS) is 16.9. The minimum Gasteiger partial charge on any atom is -0.493 e. The fraction of sp³-hybridized carbons (Fsp3) is 0.348. The molecule has 164 valence electrons. The Hall–Kier alpha value is -2.90. The minimum atomic E-state index is -0.256. The van der Waals surface area contributed by atoms with Gasteiger partial charge < -0.3 is 15.4 Å². The monoisotopic (exact) mass is 443 g/mol. The van der Waals surface area contributed by atoms with Crippen LogP contribution in [0.1, 0.15) is 50.7 Å². The highest BCUT2D eigenvalue weighted by Gasteiger charge is 2.38. The van der Waals surface area contributed by atoms with E-state index in [1.165, 1.54) is 4.90 Å². The zero-order chi connectivity index (χ0) is 21.1. The summed E-state index contributed by atoms with van der Waals surface area (Å²) in [5.74, 6) is 0.207. The number of carbonyl (C=O) groups excluding carboxylic acids is 3. The van der Waals surface area contributed by atoms with Crippen LogP contribution in [0.4, 0.5) is 0 Å². The Morgan fingerprint density at radius 2 is 1.84 bits per heavy atom. The molecule has 0 saturated carbocycles. The van der Waals surface area contributed by atoms with E-state index in [4.69, 9.17) is 4.74 Å². The van der Waals surface area contributed by atoms with Crippen LogP contribution in [0.5, 0.6) is 5.75 Å². The Bertz CT molecular complexity index is 960. The van der Waals surface area contributed by atoms with Crippen molar-refractivity contribution >= 4 is 30.1 Å². The zero-order valence-electron chi connectivity index (χ0n) is 17.3. The van der Waals surface area contributed by atoms with Gasteiger partial charge in [-0.15, -0.1) is 12.4 Å². The molecule has 0 radical (unpaired) electrons. The van der Waals surface area contributed by atoms with Gasteiger partial charge in [0.15, 0.2) is 0 Å². The first kappa shape index (κ1) is 22.8. The number of ether oxygens (including phenoxy) is 1. The lowest BCUT2D eigenvalue weighted by Gasteiger charge is -2.31. The van der Waals surface area contributed by atoms with E-state index in [9.17, 15) is 14.4 Å². The van der Waals surface area contributed by atoms with E-state index >= 15 is 0 Å². The molecule has 0 saturated heterocycles. The first-order chi connectivity index (χ1) is 14.6. The highest BCUT2D eigenvalue weighted by atomic mass is 35.5. The number of imide groups is 1. The van der Waals surface area contributed by atoms with Crippen molar-refractivity contribution in [3.05, 3.63) is 64.7 Å². The van der Waals surface area contributed by atoms with E-state index in [0.29, 0.717) is 30.6 Å². The summed E-state index contributed by atoms with van der Waals surface area (Å²) in [5, 5.41) is 6.04. The maximum atomic E-state index is 12.8. The van der Waals surface area contributed by atoms with Gasteiger partial charge in [-0.2, -0.15) is 0 Å². The van der Waals surface area contributed by atoms with Gasteiger partial charge >= 0.3 is 0 Å². The Morgan fingerprint density at radius 3 is 2.52 bits per heavy atom. The van der Waals surface area contributed by atoms with Gasteiger partial charge in [-0.3, -0.25) is 19.3 Å². The Kier molecular flexibility index (Phi) is 7.30. The van der Waals surface area contributed by atoms with Crippen LogP contribution >= 0.6 is 12.4 Å². The number of hydrogen-bond acceptors (Lipinski definition) is 5. The molecular formula is C23H26ClN3O4. The van der Waals surface area contributed by atoms with Crippen LogP contribution in [-0.2, 0) is 11.2 Å². The lowest BCUT2D eigenvalue weighted by atomic mass is 9.93. The van der Waals surface area contributed by atoms with Crippen LogP contribution in [0.3, 0.4) is 0 Å². The number of rotatable bonds is 7. The molecule has 7 nitrogen and oxygen atoms in total. The lowest BCUT2D eigenvalue weighted by Crippen LogP contribution is -2.41. The maximum Gasteiger partial charge on any atom is 0.261 e. The van der Waals surface area contributed by atoms with Crippen molar-refractivity contribution in [3.8, 4) is 5.75 Å². The molecule has 2 aromatic rings. The summed E-state index contributed by atoms with van der Waals surface area (Å²) in [7, 11) is 1.62. The van der Waals surface area contributed by atoms with E-state index < -0.39 is 0 Å². The van der Waals surface area contributed by atoms with Crippen LogP contribution in [0.2, 0.25) is 0 Å². The molecule has 0 bridgehead atoms. The third-order valence-electron chi connectivity index (χ3n) is 5.62. The number of halogens is 1. The van der Waals surface area contributed by atoms with E-state index in [1.807, 2.05) is 12.1 Å². The Balaban J connectivity index is 0.00000272. The summed E-state index contributed by atoms with van der Waals surface area (Å²) in [5.41, 5.74) is 3.05. The summed E-state index contributed by atoms with van der Waals surface area (Å²) in [6, 6.07) is 12.6. The Labute approximate surface area is 187 Å². The van der Waals surface area contributed by atoms with E-state index in [-0.39, 0.29) is 42.7 Å². The van der Waals surface area contributed by atoms with Gasteiger partial charge in [0.1, 0.15) is 5.75 Å². The second-order valence-corrected chi connectivity index (χ2v) is 7.48. The number of benzene rings is 2. The SMILES string of the molecule is CNC(=O)CCCOc1cccc2c1[C@@H](CN1C(=O)c3ccccc3C1=O)NCC2.Cl. The number of fused-ring (bicyclic) bond motifs is 2. The molecule has 2 aromatic carbocycles. The highest BCUT2D eigenvalue weighted by Crippen LogP contribution is 2.34. The van der Waals surface area contributed by atoms with Crippen LogP contribution in [0.25, 0.3) is 0 Å². The van der Waals surface area contributed by atoms with Gasteiger partial charge in [0.2, 0.25) is 5.91 Å². The highest BCUT2D eigenvalue weighted by molar-refractivity contribution is 6.21. The predicted molar refractivity (Wildman–Crippen MR) is 119 cm³/mol. The molecule has 2 N–H and O–H groups in total. The van der Waals surface area contributed by atoms with Gasteiger partial charge in [-0.05, 0) is 43.1 Å². The van der Waals surface area contributed by atoms with Gasteiger partial charge in [-0.1, -0.05) is 24.3 Å². The van der Waals surface area contributed by atoms with Crippen molar-refractivity contribution in [2.75, 3.05) is 26.7 Å². The van der Waals surface area contributed by atoms with Crippen molar-refractivity contribution in [1.82, 2.24) is 15.5 Å². The summed E-state index contributed by atoms with van der Waals surface area (Å²) < 4.78 is 6.00. The van der Waals surface area contributed by atoms with Crippen molar-refractivity contribution in [2.24, 2.45) is 0 Å². The molecule has 1 atom stereocenters. The second-order valence-electron chi connectivity index (χ2n) is 7.48. The number of nitrogens with one attached hydrogen (secondary N) is 2. The van der Waals surface area contributed by atoms with Crippen LogP contribution in [-0.4, -0.2) is 49.4 Å². The number of hydrogen-bond donors (Lipinski definition) is 2. The fourth-order valence-corrected chi connectivity index (χ4v) is 4.10. The fourth-order valence-electron chi connectivity index (χ4n) is 4.10. The van der Waals surface area contributed by atoms with Crippen molar-refractivity contribution in [3.63, 3.8) is 0 Å². The molecule has 0 fully saturated rings. The molecular weight excluding hydrogens is 418 g/mol. The third-order valence-corrected chi connectivity index (χ3v) is 5.62. The smallest absolute Gasteiger partial charge is 0.261 e. The van der Waals surface area contributed by atoms with Gasteiger partial charge in [0.05, 0.1) is 23.8 Å². The first-order valence-electron chi connectivity index (χ1n) is 10.2. The van der Waals surface area contributed by atoms with Gasteiger partial charge in [-0.25, -0.2) is 0 Å². The molecule has 2 aliphatic heterocycles. The largest absolute Gasteiger partial charge is 0.493 e. The molecule has 2 aliphatic rings. The van der Waals surface area contributed by atoms with E-state index in [1.54, 1.807) is 31.3 Å². The third kappa shape index (κ3) is 4.57.